The topological polar surface area (TPSA) is 143 Å². The standard InChI is InChI=1S/C27H20N2O7/c1-35-20(31)12-16(15-8-5-9-17-23(15)29-11-10-28-17)21-24(32)26(34)25(33)22-18(30)13-19(36-27(21)22)14-6-3-2-4-7-14/h2-11,13,16,32-34H,12H2,1H3. The summed E-state index contributed by atoms with van der Waals surface area (Å²) >= 11 is 0. The largest absolute Gasteiger partial charge is 0.504 e. The first kappa shape index (κ1) is 22.9. The van der Waals surface area contributed by atoms with Gasteiger partial charge in [-0.3, -0.25) is 19.6 Å². The Hall–Kier alpha value is -4.92. The van der Waals surface area contributed by atoms with Crippen LogP contribution in [0.15, 0.2) is 76.2 Å². The molecule has 0 aliphatic rings. The number of hydrogen-bond acceptors (Lipinski definition) is 9. The molecule has 9 nitrogen and oxygen atoms in total. The maximum Gasteiger partial charge on any atom is 0.306 e. The van der Waals surface area contributed by atoms with E-state index in [1.54, 1.807) is 48.5 Å². The van der Waals surface area contributed by atoms with E-state index in [1.807, 2.05) is 0 Å². The number of aromatic nitrogens is 2. The van der Waals surface area contributed by atoms with Gasteiger partial charge in [-0.1, -0.05) is 42.5 Å². The molecule has 9 heteroatoms. The van der Waals surface area contributed by atoms with Gasteiger partial charge in [-0.05, 0) is 11.6 Å². The van der Waals surface area contributed by atoms with Crippen LogP contribution in [0.4, 0.5) is 0 Å². The number of ether oxygens (including phenoxy) is 1. The molecule has 1 atom stereocenters. The summed E-state index contributed by atoms with van der Waals surface area (Å²) in [6.45, 7) is 0. The fourth-order valence-corrected chi connectivity index (χ4v) is 4.35. The molecule has 0 radical (unpaired) electrons. The molecule has 0 fully saturated rings. The lowest BCUT2D eigenvalue weighted by Gasteiger charge is -2.21. The van der Waals surface area contributed by atoms with E-state index < -0.39 is 34.6 Å². The monoisotopic (exact) mass is 484 g/mol. The van der Waals surface area contributed by atoms with Gasteiger partial charge in [0.25, 0.3) is 0 Å². The summed E-state index contributed by atoms with van der Waals surface area (Å²) in [5.41, 5.74) is 1.13. The van der Waals surface area contributed by atoms with Gasteiger partial charge >= 0.3 is 5.97 Å². The van der Waals surface area contributed by atoms with Crippen LogP contribution in [0, 0.1) is 0 Å². The van der Waals surface area contributed by atoms with Gasteiger partial charge in [0.05, 0.1) is 24.6 Å². The van der Waals surface area contributed by atoms with Crippen molar-refractivity contribution in [3.63, 3.8) is 0 Å². The zero-order chi connectivity index (χ0) is 25.4. The molecule has 0 saturated carbocycles. The summed E-state index contributed by atoms with van der Waals surface area (Å²) in [4.78, 5) is 34.3. The number of phenols is 3. The van der Waals surface area contributed by atoms with Crippen LogP contribution >= 0.6 is 0 Å². The van der Waals surface area contributed by atoms with E-state index in [-0.39, 0.29) is 28.7 Å². The molecule has 0 bridgehead atoms. The van der Waals surface area contributed by atoms with E-state index in [2.05, 4.69) is 9.97 Å². The van der Waals surface area contributed by atoms with Crippen LogP contribution in [0.2, 0.25) is 0 Å². The van der Waals surface area contributed by atoms with Gasteiger partial charge in [-0.25, -0.2) is 0 Å². The number of nitrogens with zero attached hydrogens (tertiary/aromatic N) is 2. The number of para-hydroxylation sites is 1. The molecule has 0 aliphatic carbocycles. The van der Waals surface area contributed by atoms with Crippen molar-refractivity contribution in [3.05, 3.63) is 88.3 Å². The second-order valence-electron chi connectivity index (χ2n) is 8.11. The van der Waals surface area contributed by atoms with Crippen LogP contribution in [0.25, 0.3) is 33.3 Å². The highest BCUT2D eigenvalue weighted by Crippen LogP contribution is 2.49. The zero-order valence-corrected chi connectivity index (χ0v) is 19.0. The minimum Gasteiger partial charge on any atom is -0.504 e. The van der Waals surface area contributed by atoms with E-state index in [0.29, 0.717) is 22.2 Å². The fraction of sp³-hybridized carbons (Fsp3) is 0.111. The number of phenolic OH excluding ortho intramolecular Hbond substituents is 3. The molecule has 2 aromatic heterocycles. The van der Waals surface area contributed by atoms with Gasteiger partial charge in [-0.2, -0.15) is 0 Å². The number of carbonyl (C=O) groups excluding carboxylic acids is 1. The number of fused-ring (bicyclic) bond motifs is 2. The molecule has 0 aliphatic heterocycles. The Labute approximate surface area is 203 Å². The molecule has 0 spiro atoms. The van der Waals surface area contributed by atoms with Crippen molar-refractivity contribution in [1.82, 2.24) is 9.97 Å². The second-order valence-corrected chi connectivity index (χ2v) is 8.11. The number of esters is 1. The number of carbonyl (C=O) groups is 1. The van der Waals surface area contributed by atoms with Crippen LogP contribution in [-0.2, 0) is 9.53 Å². The molecule has 0 amide bonds. The van der Waals surface area contributed by atoms with Crippen LogP contribution in [0.5, 0.6) is 17.2 Å². The number of hydrogen-bond donors (Lipinski definition) is 3. The van der Waals surface area contributed by atoms with Gasteiger partial charge in [0.15, 0.2) is 16.9 Å². The van der Waals surface area contributed by atoms with E-state index in [1.165, 1.54) is 25.6 Å². The third kappa shape index (κ3) is 3.76. The summed E-state index contributed by atoms with van der Waals surface area (Å²) in [6, 6.07) is 15.1. The second kappa shape index (κ2) is 9.03. The van der Waals surface area contributed by atoms with Gasteiger partial charge in [-0.15, -0.1) is 0 Å². The molecule has 1 unspecified atom stereocenters. The summed E-state index contributed by atoms with van der Waals surface area (Å²) in [6.07, 6.45) is 2.71. The minimum absolute atomic E-state index is 0.0706. The van der Waals surface area contributed by atoms with Crippen molar-refractivity contribution in [1.29, 1.82) is 0 Å². The molecule has 3 aromatic carbocycles. The Kier molecular flexibility index (Phi) is 5.73. The first-order valence-electron chi connectivity index (χ1n) is 11.0. The highest BCUT2D eigenvalue weighted by molar-refractivity contribution is 5.94. The Bertz CT molecular complexity index is 1670. The summed E-state index contributed by atoms with van der Waals surface area (Å²) in [5, 5.41) is 31.9. The van der Waals surface area contributed by atoms with E-state index in [4.69, 9.17) is 9.15 Å². The van der Waals surface area contributed by atoms with Crippen LogP contribution in [0.1, 0.15) is 23.5 Å². The van der Waals surface area contributed by atoms with Gasteiger partial charge in [0, 0.05) is 35.5 Å². The predicted molar refractivity (Wildman–Crippen MR) is 131 cm³/mol. The van der Waals surface area contributed by atoms with Crippen LogP contribution < -0.4 is 5.43 Å². The van der Waals surface area contributed by atoms with E-state index >= 15 is 0 Å². The van der Waals surface area contributed by atoms with Gasteiger partial charge in [0.1, 0.15) is 16.7 Å². The normalized spacial score (nSPS) is 12.0. The minimum atomic E-state index is -0.985. The maximum atomic E-state index is 13.1. The number of aromatic hydroxyl groups is 3. The molecule has 3 N–H and O–H groups in total. The van der Waals surface area contributed by atoms with Crippen LogP contribution in [-0.4, -0.2) is 38.4 Å². The molecule has 36 heavy (non-hydrogen) atoms. The van der Waals surface area contributed by atoms with Crippen molar-refractivity contribution in [3.8, 4) is 28.6 Å². The smallest absolute Gasteiger partial charge is 0.306 e. The third-order valence-corrected chi connectivity index (χ3v) is 6.04. The lowest BCUT2D eigenvalue weighted by atomic mass is 9.85. The highest BCUT2D eigenvalue weighted by Gasteiger charge is 2.32. The quantitative estimate of drug-likeness (QED) is 0.247. The Morgan fingerprint density at radius 3 is 2.47 bits per heavy atom. The van der Waals surface area contributed by atoms with Crippen molar-refractivity contribution < 1.29 is 29.3 Å². The Morgan fingerprint density at radius 2 is 1.72 bits per heavy atom. The van der Waals surface area contributed by atoms with Crippen molar-refractivity contribution in [2.75, 3.05) is 7.11 Å². The average molecular weight is 484 g/mol. The van der Waals surface area contributed by atoms with Crippen molar-refractivity contribution >= 4 is 28.0 Å². The van der Waals surface area contributed by atoms with Gasteiger partial charge in [0.2, 0.25) is 5.75 Å². The van der Waals surface area contributed by atoms with E-state index in [0.717, 1.165) is 0 Å². The third-order valence-electron chi connectivity index (χ3n) is 6.04. The summed E-state index contributed by atoms with van der Waals surface area (Å²) in [7, 11) is 1.22. The predicted octanol–water partition coefficient (Wildman–Crippen LogP) is 4.22. The van der Waals surface area contributed by atoms with Crippen LogP contribution in [0.3, 0.4) is 0 Å². The highest BCUT2D eigenvalue weighted by atomic mass is 16.5. The maximum absolute atomic E-state index is 13.1. The summed E-state index contributed by atoms with van der Waals surface area (Å²) < 4.78 is 11.0. The molecule has 0 saturated heterocycles. The molecule has 2 heterocycles. The molecular weight excluding hydrogens is 464 g/mol. The zero-order valence-electron chi connectivity index (χ0n) is 19.0. The fourth-order valence-electron chi connectivity index (χ4n) is 4.35. The Morgan fingerprint density at radius 1 is 0.972 bits per heavy atom. The number of rotatable bonds is 5. The lowest BCUT2D eigenvalue weighted by Crippen LogP contribution is -2.13. The Balaban J connectivity index is 1.90. The lowest BCUT2D eigenvalue weighted by molar-refractivity contribution is -0.140. The summed E-state index contributed by atoms with van der Waals surface area (Å²) in [5.74, 6) is -3.90. The molecule has 5 aromatic rings. The number of methoxy groups -OCH3 is 1. The molecule has 5 rings (SSSR count). The van der Waals surface area contributed by atoms with Crippen molar-refractivity contribution in [2.24, 2.45) is 0 Å². The van der Waals surface area contributed by atoms with Crippen molar-refractivity contribution in [2.45, 2.75) is 12.3 Å². The molecular formula is C27H20N2O7. The first-order chi connectivity index (χ1) is 17.4. The molecule has 180 valence electrons. The van der Waals surface area contributed by atoms with Gasteiger partial charge < -0.3 is 24.5 Å². The first-order valence-corrected chi connectivity index (χ1v) is 11.0. The van der Waals surface area contributed by atoms with E-state index in [9.17, 15) is 24.9 Å². The average Bonchev–Trinajstić information content (AvgIpc) is 2.91. The number of benzene rings is 3. The SMILES string of the molecule is COC(=O)CC(c1cccc2nccnc12)c1c(O)c(O)c(O)c2c(=O)cc(-c3ccccc3)oc12.